The van der Waals surface area contributed by atoms with E-state index in [0.29, 0.717) is 0 Å². The third kappa shape index (κ3) is 4.87. The molecule has 0 spiro atoms. The number of nitrogens with zero attached hydrogens (tertiary/aromatic N) is 2. The Hall–Kier alpha value is -6.64. The van der Waals surface area contributed by atoms with Crippen molar-refractivity contribution in [3.05, 3.63) is 217 Å². The van der Waals surface area contributed by atoms with Gasteiger partial charge in [0.05, 0.1) is 22.1 Å². The molecule has 0 bridgehead atoms. The van der Waals surface area contributed by atoms with Crippen LogP contribution < -0.4 is 0 Å². The summed E-state index contributed by atoms with van der Waals surface area (Å²) in [5.41, 5.74) is 13.4. The zero-order valence-corrected chi connectivity index (χ0v) is 28.0. The second-order valence-corrected chi connectivity index (χ2v) is 13.4. The topological polar surface area (TPSA) is 9.86 Å². The van der Waals surface area contributed by atoms with Gasteiger partial charge in [-0.1, -0.05) is 152 Å². The Morgan fingerprint density at radius 1 is 0.275 bits per heavy atom. The molecule has 0 amide bonds. The standard InChI is InChI=1S/C49H34N2/c1-4-14-34(15-5-1)35-24-26-37(27-25-35)49(36-16-6-2-7-17-36)38-28-30-40(31-29-38)51-46-23-13-11-21-42(46)44-32-43-41-20-10-12-22-45(41)50(47(43)33-48(44)51)39-18-8-3-9-19-39/h1-33,49H. The Bertz CT molecular complexity index is 2810. The van der Waals surface area contributed by atoms with E-state index in [1.165, 1.54) is 77.1 Å². The molecule has 1 unspecified atom stereocenters. The summed E-state index contributed by atoms with van der Waals surface area (Å²) in [6.45, 7) is 0. The molecule has 0 saturated carbocycles. The Morgan fingerprint density at radius 3 is 1.25 bits per heavy atom. The van der Waals surface area contributed by atoms with Crippen LogP contribution in [0, 0.1) is 0 Å². The normalized spacial score (nSPS) is 12.2. The van der Waals surface area contributed by atoms with Crippen LogP contribution in [0.2, 0.25) is 0 Å². The number of fused-ring (bicyclic) bond motifs is 6. The Balaban J connectivity index is 1.14. The summed E-state index contributed by atoms with van der Waals surface area (Å²) in [4.78, 5) is 0. The fourth-order valence-electron chi connectivity index (χ4n) is 8.10. The van der Waals surface area contributed by atoms with Gasteiger partial charge in [0.1, 0.15) is 0 Å². The second-order valence-electron chi connectivity index (χ2n) is 13.4. The van der Waals surface area contributed by atoms with E-state index in [0.717, 1.165) is 5.69 Å². The number of hydrogen-bond acceptors (Lipinski definition) is 0. The summed E-state index contributed by atoms with van der Waals surface area (Å²) < 4.78 is 4.84. The molecule has 8 aromatic carbocycles. The van der Waals surface area contributed by atoms with Crippen LogP contribution in [0.4, 0.5) is 0 Å². The molecule has 2 heterocycles. The van der Waals surface area contributed by atoms with Crippen LogP contribution in [0.5, 0.6) is 0 Å². The third-order valence-electron chi connectivity index (χ3n) is 10.4. The molecule has 0 fully saturated rings. The molecule has 0 aliphatic rings. The molecular formula is C49H34N2. The van der Waals surface area contributed by atoms with E-state index >= 15 is 0 Å². The summed E-state index contributed by atoms with van der Waals surface area (Å²) >= 11 is 0. The van der Waals surface area contributed by atoms with Crippen LogP contribution in [-0.4, -0.2) is 9.13 Å². The van der Waals surface area contributed by atoms with Crippen LogP contribution in [0.25, 0.3) is 66.1 Å². The van der Waals surface area contributed by atoms with Crippen molar-refractivity contribution in [3.8, 4) is 22.5 Å². The Morgan fingerprint density at radius 2 is 0.686 bits per heavy atom. The molecule has 0 saturated heterocycles. The molecule has 10 rings (SSSR count). The zero-order valence-electron chi connectivity index (χ0n) is 28.0. The van der Waals surface area contributed by atoms with Crippen molar-refractivity contribution >= 4 is 43.6 Å². The third-order valence-corrected chi connectivity index (χ3v) is 10.4. The maximum Gasteiger partial charge on any atom is 0.0562 e. The average molecular weight is 651 g/mol. The largest absolute Gasteiger partial charge is 0.309 e. The Kier molecular flexibility index (Phi) is 6.92. The molecule has 10 aromatic rings. The van der Waals surface area contributed by atoms with Gasteiger partial charge in [-0.2, -0.15) is 0 Å². The van der Waals surface area contributed by atoms with Crippen LogP contribution >= 0.6 is 0 Å². The summed E-state index contributed by atoms with van der Waals surface area (Å²) in [5.74, 6) is 0.115. The van der Waals surface area contributed by atoms with Crippen LogP contribution in [-0.2, 0) is 0 Å². The Labute approximate surface area is 297 Å². The van der Waals surface area contributed by atoms with Crippen molar-refractivity contribution in [2.24, 2.45) is 0 Å². The van der Waals surface area contributed by atoms with Gasteiger partial charge in [-0.3, -0.25) is 0 Å². The lowest BCUT2D eigenvalue weighted by Gasteiger charge is -2.20. The maximum atomic E-state index is 2.44. The van der Waals surface area contributed by atoms with Crippen LogP contribution in [0.1, 0.15) is 22.6 Å². The smallest absolute Gasteiger partial charge is 0.0562 e. The van der Waals surface area contributed by atoms with Crippen molar-refractivity contribution in [1.82, 2.24) is 9.13 Å². The lowest BCUT2D eigenvalue weighted by atomic mass is 9.84. The lowest BCUT2D eigenvalue weighted by Crippen LogP contribution is -2.04. The fraction of sp³-hybridized carbons (Fsp3) is 0.0204. The first-order valence-corrected chi connectivity index (χ1v) is 17.6. The van der Waals surface area contributed by atoms with Gasteiger partial charge in [-0.25, -0.2) is 0 Å². The molecular weight excluding hydrogens is 617 g/mol. The SMILES string of the molecule is c1ccc(-c2ccc(C(c3ccccc3)c3ccc(-n4c5ccccc5c5cc6c7ccccc7n(-c7ccccc7)c6cc54)cc3)cc2)cc1. The number of aromatic nitrogens is 2. The highest BCUT2D eigenvalue weighted by Gasteiger charge is 2.20. The van der Waals surface area contributed by atoms with Gasteiger partial charge in [0.25, 0.3) is 0 Å². The first-order chi connectivity index (χ1) is 25.3. The van der Waals surface area contributed by atoms with Crippen molar-refractivity contribution in [2.45, 2.75) is 5.92 Å². The number of para-hydroxylation sites is 3. The predicted octanol–water partition coefficient (Wildman–Crippen LogP) is 12.7. The molecule has 240 valence electrons. The zero-order chi connectivity index (χ0) is 33.7. The van der Waals surface area contributed by atoms with Crippen molar-refractivity contribution in [2.75, 3.05) is 0 Å². The molecule has 2 heteroatoms. The van der Waals surface area contributed by atoms with Crippen LogP contribution in [0.15, 0.2) is 200 Å². The van der Waals surface area contributed by atoms with Gasteiger partial charge in [-0.05, 0) is 76.3 Å². The molecule has 0 aliphatic heterocycles. The predicted molar refractivity (Wildman–Crippen MR) is 214 cm³/mol. The van der Waals surface area contributed by atoms with Crippen LogP contribution in [0.3, 0.4) is 0 Å². The van der Waals surface area contributed by atoms with Gasteiger partial charge in [-0.15, -0.1) is 0 Å². The average Bonchev–Trinajstić information content (AvgIpc) is 3.71. The molecule has 1 atom stereocenters. The highest BCUT2D eigenvalue weighted by atomic mass is 15.0. The quantitative estimate of drug-likeness (QED) is 0.159. The van der Waals surface area contributed by atoms with E-state index in [1.807, 2.05) is 0 Å². The number of rotatable bonds is 6. The fourth-order valence-corrected chi connectivity index (χ4v) is 8.10. The van der Waals surface area contributed by atoms with E-state index in [1.54, 1.807) is 0 Å². The minimum absolute atomic E-state index is 0.115. The van der Waals surface area contributed by atoms with E-state index in [9.17, 15) is 0 Å². The highest BCUT2D eigenvalue weighted by Crippen LogP contribution is 2.40. The van der Waals surface area contributed by atoms with Gasteiger partial charge >= 0.3 is 0 Å². The molecule has 0 aliphatic carbocycles. The minimum Gasteiger partial charge on any atom is -0.309 e. The molecule has 2 aromatic heterocycles. The molecule has 2 nitrogen and oxygen atoms in total. The van der Waals surface area contributed by atoms with E-state index < -0.39 is 0 Å². The summed E-state index contributed by atoms with van der Waals surface area (Å²) in [5, 5.41) is 5.06. The molecule has 0 radical (unpaired) electrons. The minimum atomic E-state index is 0.115. The van der Waals surface area contributed by atoms with Gasteiger partial charge in [0.2, 0.25) is 0 Å². The van der Waals surface area contributed by atoms with Gasteiger partial charge in [0, 0.05) is 38.8 Å². The molecule has 0 N–H and O–H groups in total. The van der Waals surface area contributed by atoms with E-state index in [-0.39, 0.29) is 5.92 Å². The van der Waals surface area contributed by atoms with Crippen molar-refractivity contribution in [1.29, 1.82) is 0 Å². The summed E-state index contributed by atoms with van der Waals surface area (Å²) in [7, 11) is 0. The number of hydrogen-bond donors (Lipinski definition) is 0. The van der Waals surface area contributed by atoms with E-state index in [2.05, 4.69) is 209 Å². The first kappa shape index (κ1) is 29.3. The number of benzene rings is 8. The second kappa shape index (κ2) is 12.0. The van der Waals surface area contributed by atoms with E-state index in [4.69, 9.17) is 0 Å². The summed E-state index contributed by atoms with van der Waals surface area (Å²) in [6, 6.07) is 72.9. The monoisotopic (exact) mass is 650 g/mol. The highest BCUT2D eigenvalue weighted by molar-refractivity contribution is 6.19. The lowest BCUT2D eigenvalue weighted by molar-refractivity contribution is 0.975. The first-order valence-electron chi connectivity index (χ1n) is 17.6. The van der Waals surface area contributed by atoms with Gasteiger partial charge in [0.15, 0.2) is 0 Å². The molecule has 51 heavy (non-hydrogen) atoms. The van der Waals surface area contributed by atoms with Crippen molar-refractivity contribution in [3.63, 3.8) is 0 Å². The maximum absolute atomic E-state index is 2.44. The van der Waals surface area contributed by atoms with Gasteiger partial charge < -0.3 is 9.13 Å². The van der Waals surface area contributed by atoms with Crippen molar-refractivity contribution < 1.29 is 0 Å². The summed E-state index contributed by atoms with van der Waals surface area (Å²) in [6.07, 6.45) is 0.